The molecule has 0 radical (unpaired) electrons. The van der Waals surface area contributed by atoms with Gasteiger partial charge in [0.15, 0.2) is 17.5 Å². The molecule has 0 atom stereocenters. The Morgan fingerprint density at radius 3 is 1.92 bits per heavy atom. The topological polar surface area (TPSA) is 38.7 Å². The molecule has 0 saturated heterocycles. The molecule has 6 aromatic rings. The highest BCUT2D eigenvalue weighted by molar-refractivity contribution is 7.04. The first-order valence-electron chi connectivity index (χ1n) is 12.6. The van der Waals surface area contributed by atoms with Crippen LogP contribution in [0.2, 0.25) is 13.1 Å². The SMILES string of the molecule is C[Si]1(C)c2ccccc2-c2cccc(-c3nc(-c4ccccc4)nc(-c4ccc5ccccc5c4)n3)c21. The summed E-state index contributed by atoms with van der Waals surface area (Å²) >= 11 is 0. The van der Waals surface area contributed by atoms with Crippen molar-refractivity contribution in [2.45, 2.75) is 13.1 Å². The van der Waals surface area contributed by atoms with Crippen LogP contribution in [0, 0.1) is 0 Å². The van der Waals surface area contributed by atoms with E-state index in [1.165, 1.54) is 32.3 Å². The van der Waals surface area contributed by atoms with Crippen molar-refractivity contribution >= 4 is 29.2 Å². The summed E-state index contributed by atoms with van der Waals surface area (Å²) in [4.78, 5) is 15.1. The van der Waals surface area contributed by atoms with E-state index in [9.17, 15) is 0 Å². The number of fused-ring (bicyclic) bond motifs is 4. The van der Waals surface area contributed by atoms with Crippen molar-refractivity contribution in [2.75, 3.05) is 0 Å². The van der Waals surface area contributed by atoms with E-state index in [0.717, 1.165) is 22.5 Å². The summed E-state index contributed by atoms with van der Waals surface area (Å²) in [5.74, 6) is 2.13. The molecule has 0 bridgehead atoms. The Morgan fingerprint density at radius 1 is 0.459 bits per heavy atom. The quantitative estimate of drug-likeness (QED) is 0.255. The van der Waals surface area contributed by atoms with Crippen LogP contribution in [0.3, 0.4) is 0 Å². The Kier molecular flexibility index (Phi) is 4.91. The van der Waals surface area contributed by atoms with Crippen LogP contribution in [0.1, 0.15) is 0 Å². The van der Waals surface area contributed by atoms with Gasteiger partial charge in [0, 0.05) is 16.7 Å². The molecule has 0 fully saturated rings. The van der Waals surface area contributed by atoms with Crippen molar-refractivity contribution in [3.63, 3.8) is 0 Å². The Morgan fingerprint density at radius 2 is 1.08 bits per heavy atom. The predicted molar refractivity (Wildman–Crippen MR) is 156 cm³/mol. The molecule has 0 unspecified atom stereocenters. The Hall–Kier alpha value is -4.41. The van der Waals surface area contributed by atoms with Gasteiger partial charge >= 0.3 is 0 Å². The fraction of sp³-hybridized carbons (Fsp3) is 0.0606. The maximum Gasteiger partial charge on any atom is 0.164 e. The molecule has 4 heteroatoms. The summed E-state index contributed by atoms with van der Waals surface area (Å²) < 4.78 is 0. The van der Waals surface area contributed by atoms with Crippen molar-refractivity contribution in [1.82, 2.24) is 15.0 Å². The van der Waals surface area contributed by atoms with Gasteiger partial charge in [0.2, 0.25) is 0 Å². The lowest BCUT2D eigenvalue weighted by Crippen LogP contribution is -2.50. The van der Waals surface area contributed by atoms with Gasteiger partial charge in [0.05, 0.1) is 0 Å². The molecule has 0 aliphatic carbocycles. The minimum atomic E-state index is -1.94. The summed E-state index contributed by atoms with van der Waals surface area (Å²) in [6.45, 7) is 4.87. The first kappa shape index (κ1) is 21.8. The van der Waals surface area contributed by atoms with E-state index in [2.05, 4.69) is 110 Å². The number of nitrogens with zero attached hydrogens (tertiary/aromatic N) is 3. The van der Waals surface area contributed by atoms with Gasteiger partial charge in [-0.05, 0) is 38.3 Å². The molecule has 1 aliphatic rings. The van der Waals surface area contributed by atoms with Gasteiger partial charge in [-0.2, -0.15) is 0 Å². The zero-order valence-corrected chi connectivity index (χ0v) is 21.8. The standard InChI is InChI=1S/C33H25N3Si/c1-37(2)29-18-9-8-15-26(29)27-16-10-17-28(30(27)37)33-35-31(23-12-4-3-5-13-23)34-32(36-33)25-20-19-22-11-6-7-14-24(22)21-25/h3-21H,1-2H3. The Balaban J connectivity index is 1.48. The lowest BCUT2D eigenvalue weighted by molar-refractivity contribution is 1.08. The summed E-state index contributed by atoms with van der Waals surface area (Å²) in [6, 6.07) is 40.5. The minimum Gasteiger partial charge on any atom is -0.208 e. The van der Waals surface area contributed by atoms with Crippen LogP contribution in [0.15, 0.2) is 115 Å². The highest BCUT2D eigenvalue weighted by atomic mass is 28.3. The van der Waals surface area contributed by atoms with Crippen LogP contribution < -0.4 is 10.4 Å². The zero-order valence-electron chi connectivity index (χ0n) is 20.8. The number of aromatic nitrogens is 3. The Bertz CT molecular complexity index is 1810. The van der Waals surface area contributed by atoms with Crippen molar-refractivity contribution in [1.29, 1.82) is 0 Å². The first-order chi connectivity index (χ1) is 18.1. The third-order valence-electron chi connectivity index (χ3n) is 7.50. The van der Waals surface area contributed by atoms with Crippen LogP contribution in [-0.4, -0.2) is 23.0 Å². The fourth-order valence-electron chi connectivity index (χ4n) is 5.70. The van der Waals surface area contributed by atoms with E-state index in [0.29, 0.717) is 11.6 Å². The molecule has 0 amide bonds. The van der Waals surface area contributed by atoms with E-state index >= 15 is 0 Å². The van der Waals surface area contributed by atoms with Gasteiger partial charge in [-0.15, -0.1) is 0 Å². The number of rotatable bonds is 3. The highest BCUT2D eigenvalue weighted by Crippen LogP contribution is 2.33. The van der Waals surface area contributed by atoms with Crippen molar-refractivity contribution in [3.05, 3.63) is 115 Å². The van der Waals surface area contributed by atoms with E-state index in [-0.39, 0.29) is 0 Å². The molecule has 0 N–H and O–H groups in total. The molecular formula is C33H25N3Si. The summed E-state index contributed by atoms with van der Waals surface area (Å²) in [6.07, 6.45) is 0. The second kappa shape index (κ2) is 8.32. The average molecular weight is 492 g/mol. The number of benzene rings is 5. The molecule has 0 spiro atoms. The smallest absolute Gasteiger partial charge is 0.164 e. The van der Waals surface area contributed by atoms with Gasteiger partial charge in [-0.25, -0.2) is 15.0 Å². The third kappa shape index (κ3) is 3.52. The number of hydrogen-bond acceptors (Lipinski definition) is 3. The lowest BCUT2D eigenvalue weighted by atomic mass is 10.0. The molecule has 3 nitrogen and oxygen atoms in total. The molecule has 1 aromatic heterocycles. The van der Waals surface area contributed by atoms with Gasteiger partial charge in [0.25, 0.3) is 0 Å². The number of hydrogen-bond donors (Lipinski definition) is 0. The van der Waals surface area contributed by atoms with Crippen LogP contribution in [0.4, 0.5) is 0 Å². The van der Waals surface area contributed by atoms with Crippen molar-refractivity contribution in [2.24, 2.45) is 0 Å². The highest BCUT2D eigenvalue weighted by Gasteiger charge is 2.39. The second-order valence-electron chi connectivity index (χ2n) is 10.1. The Labute approximate surface area is 217 Å². The van der Waals surface area contributed by atoms with E-state index in [1.54, 1.807) is 0 Å². The maximum absolute atomic E-state index is 5.11. The van der Waals surface area contributed by atoms with Gasteiger partial charge in [-0.3, -0.25) is 0 Å². The van der Waals surface area contributed by atoms with Crippen LogP contribution >= 0.6 is 0 Å². The normalized spacial score (nSPS) is 13.4. The predicted octanol–water partition coefficient (Wildman–Crippen LogP) is 6.83. The molecular weight excluding hydrogens is 466 g/mol. The fourth-order valence-corrected chi connectivity index (χ4v) is 9.14. The molecule has 5 aromatic carbocycles. The van der Waals surface area contributed by atoms with E-state index in [1.807, 2.05) is 18.2 Å². The van der Waals surface area contributed by atoms with Gasteiger partial charge in [0.1, 0.15) is 8.07 Å². The summed E-state index contributed by atoms with van der Waals surface area (Å²) in [5, 5.41) is 5.26. The molecule has 37 heavy (non-hydrogen) atoms. The van der Waals surface area contributed by atoms with Crippen molar-refractivity contribution in [3.8, 4) is 45.3 Å². The molecule has 0 saturated carbocycles. The largest absolute Gasteiger partial charge is 0.208 e. The maximum atomic E-state index is 5.11. The first-order valence-corrected chi connectivity index (χ1v) is 15.6. The summed E-state index contributed by atoms with van der Waals surface area (Å²) in [5.41, 5.74) is 5.77. The zero-order chi connectivity index (χ0) is 25.0. The third-order valence-corrected chi connectivity index (χ3v) is 11.1. The van der Waals surface area contributed by atoms with Gasteiger partial charge in [-0.1, -0.05) is 122 Å². The second-order valence-corrected chi connectivity index (χ2v) is 14.4. The molecule has 2 heterocycles. The molecule has 7 rings (SSSR count). The monoisotopic (exact) mass is 491 g/mol. The van der Waals surface area contributed by atoms with Crippen LogP contribution in [0.5, 0.6) is 0 Å². The van der Waals surface area contributed by atoms with E-state index in [4.69, 9.17) is 15.0 Å². The van der Waals surface area contributed by atoms with Gasteiger partial charge < -0.3 is 0 Å². The average Bonchev–Trinajstić information content (AvgIpc) is 3.20. The molecule has 176 valence electrons. The minimum absolute atomic E-state index is 0.696. The van der Waals surface area contributed by atoms with E-state index < -0.39 is 8.07 Å². The van der Waals surface area contributed by atoms with Crippen LogP contribution in [0.25, 0.3) is 56.1 Å². The lowest BCUT2D eigenvalue weighted by Gasteiger charge is -2.21. The van der Waals surface area contributed by atoms with Crippen molar-refractivity contribution < 1.29 is 0 Å². The molecule has 1 aliphatic heterocycles. The van der Waals surface area contributed by atoms with Crippen LogP contribution in [-0.2, 0) is 0 Å². The summed E-state index contributed by atoms with van der Waals surface area (Å²) in [7, 11) is -1.94.